The van der Waals surface area contributed by atoms with Crippen molar-refractivity contribution >= 4 is 6.08 Å². The molecule has 0 heterocycles. The van der Waals surface area contributed by atoms with Crippen LogP contribution in [0.25, 0.3) is 6.08 Å². The molecule has 1 heteroatoms. The van der Waals surface area contributed by atoms with Crippen LogP contribution in [0, 0.1) is 0 Å². The van der Waals surface area contributed by atoms with E-state index in [1.807, 2.05) is 30.5 Å². The molecule has 80 valence electrons. The summed E-state index contributed by atoms with van der Waals surface area (Å²) in [5, 5.41) is 0. The van der Waals surface area contributed by atoms with Gasteiger partial charge in [0.1, 0.15) is 0 Å². The third kappa shape index (κ3) is 3.43. The Kier molecular flexibility index (Phi) is 3.84. The molecule has 0 bridgehead atoms. The normalized spacial score (nSPS) is 18.1. The Bertz CT molecular complexity index is 296. The quantitative estimate of drug-likeness (QED) is 0.673. The van der Waals surface area contributed by atoms with Gasteiger partial charge >= 0.3 is 0 Å². The van der Waals surface area contributed by atoms with E-state index in [-0.39, 0.29) is 0 Å². The maximum absolute atomic E-state index is 5.71. The second-order valence-electron chi connectivity index (χ2n) is 4.11. The molecule has 1 aliphatic carbocycles. The van der Waals surface area contributed by atoms with Crippen LogP contribution in [0.4, 0.5) is 0 Å². The van der Waals surface area contributed by atoms with Crippen molar-refractivity contribution in [3.05, 3.63) is 42.2 Å². The van der Waals surface area contributed by atoms with E-state index in [1.54, 1.807) is 0 Å². The molecule has 0 spiro atoms. The van der Waals surface area contributed by atoms with Gasteiger partial charge in [-0.3, -0.25) is 0 Å². The minimum Gasteiger partial charge on any atom is -0.498 e. The van der Waals surface area contributed by atoms with E-state index < -0.39 is 0 Å². The molecule has 1 fully saturated rings. The fourth-order valence-electron chi connectivity index (χ4n) is 1.99. The zero-order valence-electron chi connectivity index (χ0n) is 9.06. The molecule has 0 unspecified atom stereocenters. The average molecular weight is 202 g/mol. The molecule has 0 aliphatic heterocycles. The first-order valence-corrected chi connectivity index (χ1v) is 5.82. The van der Waals surface area contributed by atoms with Gasteiger partial charge in [0.05, 0.1) is 12.4 Å². The van der Waals surface area contributed by atoms with E-state index in [0.717, 1.165) is 0 Å². The van der Waals surface area contributed by atoms with Crippen molar-refractivity contribution in [1.29, 1.82) is 0 Å². The molecule has 1 aliphatic rings. The Morgan fingerprint density at radius 1 is 1.00 bits per heavy atom. The maximum Gasteiger partial charge on any atom is 0.0978 e. The van der Waals surface area contributed by atoms with Crippen molar-refractivity contribution in [3.8, 4) is 0 Å². The van der Waals surface area contributed by atoms with Crippen LogP contribution < -0.4 is 0 Å². The number of benzene rings is 1. The second kappa shape index (κ2) is 5.59. The minimum absolute atomic E-state index is 0.457. The molecule has 0 aromatic heterocycles. The topological polar surface area (TPSA) is 9.23 Å². The fourth-order valence-corrected chi connectivity index (χ4v) is 1.99. The van der Waals surface area contributed by atoms with Crippen molar-refractivity contribution in [1.82, 2.24) is 0 Å². The molecule has 1 saturated carbocycles. The number of hydrogen-bond acceptors (Lipinski definition) is 1. The average Bonchev–Trinajstić information content (AvgIpc) is 2.32. The van der Waals surface area contributed by atoms with E-state index in [9.17, 15) is 0 Å². The van der Waals surface area contributed by atoms with Gasteiger partial charge < -0.3 is 4.74 Å². The monoisotopic (exact) mass is 202 g/mol. The third-order valence-corrected chi connectivity index (χ3v) is 2.88. The van der Waals surface area contributed by atoms with E-state index in [1.165, 1.54) is 37.7 Å². The van der Waals surface area contributed by atoms with Gasteiger partial charge in [-0.25, -0.2) is 0 Å². The molecule has 0 atom stereocenters. The van der Waals surface area contributed by atoms with Crippen LogP contribution in [-0.4, -0.2) is 6.10 Å². The van der Waals surface area contributed by atoms with E-state index in [2.05, 4.69) is 12.1 Å². The second-order valence-corrected chi connectivity index (χ2v) is 4.11. The van der Waals surface area contributed by atoms with Gasteiger partial charge in [-0.1, -0.05) is 36.8 Å². The molecule has 1 aromatic rings. The van der Waals surface area contributed by atoms with Crippen molar-refractivity contribution in [2.45, 2.75) is 38.2 Å². The first-order valence-electron chi connectivity index (χ1n) is 5.82. The van der Waals surface area contributed by atoms with E-state index in [4.69, 9.17) is 4.74 Å². The van der Waals surface area contributed by atoms with Crippen molar-refractivity contribution in [2.75, 3.05) is 0 Å². The van der Waals surface area contributed by atoms with Crippen LogP contribution in [0.2, 0.25) is 0 Å². The molecular weight excluding hydrogens is 184 g/mol. The lowest BCUT2D eigenvalue weighted by Crippen LogP contribution is -2.13. The Morgan fingerprint density at radius 2 is 1.73 bits per heavy atom. The Balaban J connectivity index is 1.79. The fraction of sp³-hybridized carbons (Fsp3) is 0.429. The van der Waals surface area contributed by atoms with E-state index >= 15 is 0 Å². The van der Waals surface area contributed by atoms with Crippen LogP contribution in [0.3, 0.4) is 0 Å². The summed E-state index contributed by atoms with van der Waals surface area (Å²) in [6, 6.07) is 10.3. The molecule has 0 N–H and O–H groups in total. The van der Waals surface area contributed by atoms with E-state index in [0.29, 0.717) is 6.10 Å². The summed E-state index contributed by atoms with van der Waals surface area (Å²) >= 11 is 0. The number of rotatable bonds is 3. The number of ether oxygens (including phenoxy) is 1. The lowest BCUT2D eigenvalue weighted by molar-refractivity contribution is 0.108. The number of hydrogen-bond donors (Lipinski definition) is 0. The highest BCUT2D eigenvalue weighted by atomic mass is 16.5. The SMILES string of the molecule is C(=C\c1ccccc1)/OC1CCCCC1. The smallest absolute Gasteiger partial charge is 0.0978 e. The Morgan fingerprint density at radius 3 is 2.47 bits per heavy atom. The maximum atomic E-state index is 5.71. The third-order valence-electron chi connectivity index (χ3n) is 2.88. The summed E-state index contributed by atoms with van der Waals surface area (Å²) in [6.45, 7) is 0. The summed E-state index contributed by atoms with van der Waals surface area (Å²) in [4.78, 5) is 0. The van der Waals surface area contributed by atoms with Gasteiger partial charge in [0.15, 0.2) is 0 Å². The van der Waals surface area contributed by atoms with Gasteiger partial charge in [0.2, 0.25) is 0 Å². The molecular formula is C14H18O. The Labute approximate surface area is 91.8 Å². The highest BCUT2D eigenvalue weighted by molar-refractivity contribution is 5.47. The lowest BCUT2D eigenvalue weighted by Gasteiger charge is -2.20. The summed E-state index contributed by atoms with van der Waals surface area (Å²) < 4.78 is 5.71. The van der Waals surface area contributed by atoms with Crippen molar-refractivity contribution < 1.29 is 4.74 Å². The molecule has 0 radical (unpaired) electrons. The predicted octanol–water partition coefficient (Wildman–Crippen LogP) is 4.01. The highest BCUT2D eigenvalue weighted by Gasteiger charge is 2.12. The van der Waals surface area contributed by atoms with Crippen molar-refractivity contribution in [3.63, 3.8) is 0 Å². The summed E-state index contributed by atoms with van der Waals surface area (Å²) in [6.07, 6.45) is 10.8. The molecule has 15 heavy (non-hydrogen) atoms. The first-order chi connectivity index (χ1) is 7.45. The largest absolute Gasteiger partial charge is 0.498 e. The van der Waals surface area contributed by atoms with Crippen LogP contribution in [0.5, 0.6) is 0 Å². The Hall–Kier alpha value is -1.24. The minimum atomic E-state index is 0.457. The lowest BCUT2D eigenvalue weighted by atomic mass is 9.98. The van der Waals surface area contributed by atoms with Crippen LogP contribution >= 0.6 is 0 Å². The van der Waals surface area contributed by atoms with Crippen LogP contribution in [0.15, 0.2) is 36.6 Å². The van der Waals surface area contributed by atoms with Gasteiger partial charge in [-0.15, -0.1) is 0 Å². The predicted molar refractivity (Wildman–Crippen MR) is 63.4 cm³/mol. The summed E-state index contributed by atoms with van der Waals surface area (Å²) in [7, 11) is 0. The molecule has 0 saturated heterocycles. The standard InChI is InChI=1S/C14H18O/c1-3-7-13(8-4-1)11-12-15-14-9-5-2-6-10-14/h1,3-4,7-8,11-12,14H,2,5-6,9-10H2/b12-11+. The molecule has 2 rings (SSSR count). The molecule has 1 nitrogen and oxygen atoms in total. The zero-order valence-corrected chi connectivity index (χ0v) is 9.06. The van der Waals surface area contributed by atoms with Crippen LogP contribution in [0.1, 0.15) is 37.7 Å². The summed E-state index contributed by atoms with van der Waals surface area (Å²) in [5.74, 6) is 0. The first kappa shape index (κ1) is 10.3. The van der Waals surface area contributed by atoms with Gasteiger partial charge in [0.25, 0.3) is 0 Å². The molecule has 1 aromatic carbocycles. The van der Waals surface area contributed by atoms with Crippen LogP contribution in [-0.2, 0) is 4.74 Å². The van der Waals surface area contributed by atoms with Gasteiger partial charge in [-0.05, 0) is 37.3 Å². The zero-order chi connectivity index (χ0) is 10.3. The highest BCUT2D eigenvalue weighted by Crippen LogP contribution is 2.20. The molecule has 0 amide bonds. The van der Waals surface area contributed by atoms with Gasteiger partial charge in [0, 0.05) is 0 Å². The summed E-state index contributed by atoms with van der Waals surface area (Å²) in [5.41, 5.74) is 1.20. The van der Waals surface area contributed by atoms with Crippen molar-refractivity contribution in [2.24, 2.45) is 0 Å². The van der Waals surface area contributed by atoms with Gasteiger partial charge in [-0.2, -0.15) is 0 Å².